The summed E-state index contributed by atoms with van der Waals surface area (Å²) < 4.78 is 0.889. The molecule has 0 atom stereocenters. The summed E-state index contributed by atoms with van der Waals surface area (Å²) in [6, 6.07) is 7.29. The maximum Gasteiger partial charge on any atom is 0.353 e. The third-order valence-corrected chi connectivity index (χ3v) is 3.13. The Hall–Kier alpha value is -2.96. The maximum absolute atomic E-state index is 12.5. The third kappa shape index (κ3) is 2.60. The van der Waals surface area contributed by atoms with E-state index in [2.05, 4.69) is 0 Å². The van der Waals surface area contributed by atoms with E-state index < -0.39 is 40.3 Å². The lowest BCUT2D eigenvalue weighted by atomic mass is 10.0. The molecule has 0 unspecified atom stereocenters. The molecule has 1 heterocycles. The lowest BCUT2D eigenvalue weighted by Crippen LogP contribution is -2.39. The summed E-state index contributed by atoms with van der Waals surface area (Å²) in [5, 5.41) is 9.38. The Morgan fingerprint density at radius 3 is 2.23 bits per heavy atom. The summed E-state index contributed by atoms with van der Waals surface area (Å²) in [5.41, 5.74) is -2.84. The van der Waals surface area contributed by atoms with Crippen LogP contribution in [-0.4, -0.2) is 26.4 Å². The van der Waals surface area contributed by atoms with E-state index in [0.717, 1.165) is 4.57 Å². The molecule has 22 heavy (non-hydrogen) atoms. The van der Waals surface area contributed by atoms with Gasteiger partial charge in [0.25, 0.3) is 5.56 Å². The van der Waals surface area contributed by atoms with Crippen LogP contribution in [0.25, 0.3) is 0 Å². The lowest BCUT2D eigenvalue weighted by molar-refractivity contribution is 0.0675. The van der Waals surface area contributed by atoms with Crippen LogP contribution >= 0.6 is 0 Å². The van der Waals surface area contributed by atoms with Gasteiger partial charge in [-0.15, -0.1) is 0 Å². The fourth-order valence-electron chi connectivity index (χ4n) is 2.20. The molecule has 2 aromatic rings. The highest BCUT2D eigenvalue weighted by molar-refractivity contribution is 6.13. The number of hydrogen-bond acceptors (Lipinski definition) is 4. The number of carbonyl (C=O) groups is 2. The van der Waals surface area contributed by atoms with Gasteiger partial charge in [-0.3, -0.25) is 19.1 Å². The first-order valence-electron chi connectivity index (χ1n) is 6.56. The second-order valence-electron chi connectivity index (χ2n) is 4.95. The van der Waals surface area contributed by atoms with Crippen molar-refractivity contribution in [3.8, 4) is 0 Å². The third-order valence-electron chi connectivity index (χ3n) is 3.13. The molecule has 2 rings (SSSR count). The van der Waals surface area contributed by atoms with Gasteiger partial charge in [0, 0.05) is 11.6 Å². The number of nitrogens with zero attached hydrogens (tertiary/aromatic N) is 1. The number of aromatic nitrogens is 2. The van der Waals surface area contributed by atoms with Gasteiger partial charge in [-0.25, -0.2) is 9.59 Å². The molecule has 0 amide bonds. The number of benzene rings is 1. The molecule has 1 aromatic heterocycles. The van der Waals surface area contributed by atoms with E-state index in [1.165, 1.54) is 12.1 Å². The number of ketones is 1. The van der Waals surface area contributed by atoms with E-state index in [0.29, 0.717) is 0 Å². The highest BCUT2D eigenvalue weighted by Crippen LogP contribution is 2.13. The number of carboxylic acids is 1. The summed E-state index contributed by atoms with van der Waals surface area (Å²) >= 11 is 0. The van der Waals surface area contributed by atoms with Crippen LogP contribution in [0.5, 0.6) is 0 Å². The SMILES string of the molecule is CC(C)n1c(C(=O)O)c(C(=O)c2ccccc2)c(=O)[nH]c1=O. The summed E-state index contributed by atoms with van der Waals surface area (Å²) in [4.78, 5) is 49.9. The molecular weight excluding hydrogens is 288 g/mol. The van der Waals surface area contributed by atoms with Crippen LogP contribution in [0.1, 0.15) is 46.3 Å². The number of rotatable bonds is 4. The van der Waals surface area contributed by atoms with Crippen molar-refractivity contribution in [2.24, 2.45) is 0 Å². The Labute approximate surface area is 124 Å². The number of aromatic amines is 1. The van der Waals surface area contributed by atoms with Gasteiger partial charge in [-0.05, 0) is 13.8 Å². The number of carbonyl (C=O) groups excluding carboxylic acids is 1. The van der Waals surface area contributed by atoms with Crippen LogP contribution in [-0.2, 0) is 0 Å². The largest absolute Gasteiger partial charge is 0.477 e. The standard InChI is InChI=1S/C15H14N2O5/c1-8(2)17-11(14(20)21)10(13(19)16-15(17)22)12(18)9-6-4-3-5-7-9/h3-8H,1-2H3,(H,20,21)(H,16,19,22). The van der Waals surface area contributed by atoms with Crippen LogP contribution in [0.2, 0.25) is 0 Å². The number of aromatic carboxylic acids is 1. The Bertz CT molecular complexity index is 846. The van der Waals surface area contributed by atoms with Crippen molar-refractivity contribution in [1.82, 2.24) is 9.55 Å². The van der Waals surface area contributed by atoms with E-state index >= 15 is 0 Å². The van der Waals surface area contributed by atoms with Gasteiger partial charge in [0.15, 0.2) is 0 Å². The zero-order valence-electron chi connectivity index (χ0n) is 12.0. The highest BCUT2D eigenvalue weighted by atomic mass is 16.4. The Balaban J connectivity index is 2.84. The molecule has 0 spiro atoms. The molecule has 0 fully saturated rings. The Morgan fingerprint density at radius 2 is 1.73 bits per heavy atom. The van der Waals surface area contributed by atoms with Crippen molar-refractivity contribution < 1.29 is 14.7 Å². The van der Waals surface area contributed by atoms with Crippen LogP contribution in [0.4, 0.5) is 0 Å². The van der Waals surface area contributed by atoms with E-state index in [1.54, 1.807) is 32.0 Å². The zero-order valence-corrected chi connectivity index (χ0v) is 12.0. The molecule has 2 N–H and O–H groups in total. The number of nitrogens with one attached hydrogen (secondary N) is 1. The summed E-state index contributed by atoms with van der Waals surface area (Å²) in [7, 11) is 0. The Kier molecular flexibility index (Phi) is 4.07. The number of hydrogen-bond donors (Lipinski definition) is 2. The smallest absolute Gasteiger partial charge is 0.353 e. The summed E-state index contributed by atoms with van der Waals surface area (Å²) in [6.45, 7) is 3.17. The predicted molar refractivity (Wildman–Crippen MR) is 78.5 cm³/mol. The van der Waals surface area contributed by atoms with Gasteiger partial charge in [-0.2, -0.15) is 0 Å². The Morgan fingerprint density at radius 1 is 1.14 bits per heavy atom. The van der Waals surface area contributed by atoms with Gasteiger partial charge >= 0.3 is 11.7 Å². The quantitative estimate of drug-likeness (QED) is 0.820. The monoisotopic (exact) mass is 302 g/mol. The molecule has 0 aliphatic rings. The minimum Gasteiger partial charge on any atom is -0.477 e. The number of H-pyrrole nitrogens is 1. The van der Waals surface area contributed by atoms with Crippen molar-refractivity contribution in [2.75, 3.05) is 0 Å². The minimum absolute atomic E-state index is 0.171. The summed E-state index contributed by atoms with van der Waals surface area (Å²) in [6.07, 6.45) is 0. The molecule has 114 valence electrons. The van der Waals surface area contributed by atoms with Gasteiger partial charge in [0.2, 0.25) is 5.78 Å². The van der Waals surface area contributed by atoms with Gasteiger partial charge in [-0.1, -0.05) is 30.3 Å². The average molecular weight is 302 g/mol. The highest BCUT2D eigenvalue weighted by Gasteiger charge is 2.27. The first-order valence-corrected chi connectivity index (χ1v) is 6.56. The van der Waals surface area contributed by atoms with Gasteiger partial charge in [0.05, 0.1) is 0 Å². The molecule has 1 aromatic carbocycles. The lowest BCUT2D eigenvalue weighted by Gasteiger charge is -2.15. The molecule has 0 bridgehead atoms. The van der Waals surface area contributed by atoms with E-state index in [9.17, 15) is 24.3 Å². The molecule has 0 aliphatic carbocycles. The molecule has 0 saturated carbocycles. The fraction of sp³-hybridized carbons (Fsp3) is 0.200. The molecule has 0 radical (unpaired) electrons. The first kappa shape index (κ1) is 15.4. The maximum atomic E-state index is 12.5. The van der Waals surface area contributed by atoms with Crippen molar-refractivity contribution >= 4 is 11.8 Å². The van der Waals surface area contributed by atoms with Gasteiger partial charge in [0.1, 0.15) is 11.3 Å². The molecule has 0 saturated heterocycles. The van der Waals surface area contributed by atoms with Crippen molar-refractivity contribution in [3.05, 3.63) is 68.0 Å². The average Bonchev–Trinajstić information content (AvgIpc) is 2.46. The molecule has 7 nitrogen and oxygen atoms in total. The van der Waals surface area contributed by atoms with Crippen molar-refractivity contribution in [2.45, 2.75) is 19.9 Å². The van der Waals surface area contributed by atoms with Crippen LogP contribution in [0, 0.1) is 0 Å². The van der Waals surface area contributed by atoms with Crippen molar-refractivity contribution in [1.29, 1.82) is 0 Å². The zero-order chi connectivity index (χ0) is 16.4. The van der Waals surface area contributed by atoms with Crippen molar-refractivity contribution in [3.63, 3.8) is 0 Å². The van der Waals surface area contributed by atoms with E-state index in [-0.39, 0.29) is 5.56 Å². The molecule has 0 aliphatic heterocycles. The van der Waals surface area contributed by atoms with Crippen LogP contribution in [0.15, 0.2) is 39.9 Å². The van der Waals surface area contributed by atoms with Gasteiger partial charge < -0.3 is 5.11 Å². The van der Waals surface area contributed by atoms with E-state index in [4.69, 9.17) is 0 Å². The normalized spacial score (nSPS) is 10.7. The molecular formula is C15H14N2O5. The first-order chi connectivity index (χ1) is 10.3. The number of carboxylic acid groups (broad SMARTS) is 1. The van der Waals surface area contributed by atoms with Crippen LogP contribution < -0.4 is 11.2 Å². The van der Waals surface area contributed by atoms with Crippen LogP contribution in [0.3, 0.4) is 0 Å². The minimum atomic E-state index is -1.50. The second kappa shape index (κ2) is 5.80. The topological polar surface area (TPSA) is 109 Å². The molecule has 7 heteroatoms. The fourth-order valence-corrected chi connectivity index (χ4v) is 2.20. The predicted octanol–water partition coefficient (Wildman–Crippen LogP) is 1.05. The van der Waals surface area contributed by atoms with E-state index in [1.807, 2.05) is 4.98 Å². The second-order valence-corrected chi connectivity index (χ2v) is 4.95. The summed E-state index contributed by atoms with van der Waals surface area (Å²) in [5.74, 6) is -2.25.